The number of aromatic nitrogens is 1. The summed E-state index contributed by atoms with van der Waals surface area (Å²) in [6, 6.07) is 11.6. The second kappa shape index (κ2) is 4.93. The third kappa shape index (κ3) is 2.60. The van der Waals surface area contributed by atoms with E-state index in [1.165, 1.54) is 0 Å². The lowest BCUT2D eigenvalue weighted by Gasteiger charge is -2.09. The van der Waals surface area contributed by atoms with E-state index in [9.17, 15) is 4.79 Å². The molecule has 1 unspecified atom stereocenters. The number of hydrogen-bond donors (Lipinski definition) is 2. The minimum absolute atomic E-state index is 0.129. The van der Waals surface area contributed by atoms with Gasteiger partial charge in [0, 0.05) is 24.0 Å². The fourth-order valence-electron chi connectivity index (χ4n) is 1.75. The van der Waals surface area contributed by atoms with Gasteiger partial charge in [0.05, 0.1) is 11.4 Å². The molecule has 2 rings (SSSR count). The minimum atomic E-state index is -0.873. The number of fused-ring (bicyclic) bond motifs is 1. The van der Waals surface area contributed by atoms with Crippen molar-refractivity contribution in [2.45, 2.75) is 6.42 Å². The second-order valence-corrected chi connectivity index (χ2v) is 3.97. The number of benzene rings is 1. The number of nitrogens with two attached hydrogens (primary N) is 1. The van der Waals surface area contributed by atoms with Crippen LogP contribution in [0, 0.1) is 5.92 Å². The van der Waals surface area contributed by atoms with Crippen molar-refractivity contribution < 1.29 is 9.90 Å². The average Bonchev–Trinajstić information content (AvgIpc) is 2.35. The highest BCUT2D eigenvalue weighted by Crippen LogP contribution is 2.14. The molecule has 0 radical (unpaired) electrons. The lowest BCUT2D eigenvalue weighted by Crippen LogP contribution is -2.25. The number of carbonyl (C=O) groups is 1. The van der Waals surface area contributed by atoms with Crippen LogP contribution in [0.2, 0.25) is 0 Å². The molecule has 0 saturated heterocycles. The van der Waals surface area contributed by atoms with Crippen LogP contribution < -0.4 is 5.73 Å². The zero-order chi connectivity index (χ0) is 12.3. The first-order chi connectivity index (χ1) is 8.20. The van der Waals surface area contributed by atoms with E-state index in [0.29, 0.717) is 6.42 Å². The molecule has 0 spiro atoms. The maximum Gasteiger partial charge on any atom is 0.308 e. The Hall–Kier alpha value is -1.94. The molecule has 1 aromatic heterocycles. The Morgan fingerprint density at radius 3 is 2.76 bits per heavy atom. The smallest absolute Gasteiger partial charge is 0.308 e. The van der Waals surface area contributed by atoms with Crippen LogP contribution in [-0.4, -0.2) is 22.6 Å². The number of aliphatic carboxylic acids is 1. The summed E-state index contributed by atoms with van der Waals surface area (Å²) in [5, 5.41) is 9.99. The van der Waals surface area contributed by atoms with Gasteiger partial charge in [0.2, 0.25) is 0 Å². The molecule has 4 heteroatoms. The summed E-state index contributed by atoms with van der Waals surface area (Å²) in [5.41, 5.74) is 7.07. The summed E-state index contributed by atoms with van der Waals surface area (Å²) in [6.07, 6.45) is 0.372. The van der Waals surface area contributed by atoms with Crippen molar-refractivity contribution in [1.82, 2.24) is 4.98 Å². The number of para-hydroxylation sites is 1. The van der Waals surface area contributed by atoms with Crippen LogP contribution in [0.5, 0.6) is 0 Å². The Labute approximate surface area is 99.1 Å². The lowest BCUT2D eigenvalue weighted by molar-refractivity contribution is -0.141. The van der Waals surface area contributed by atoms with Crippen molar-refractivity contribution in [3.05, 3.63) is 42.1 Å². The molecule has 0 aliphatic rings. The monoisotopic (exact) mass is 230 g/mol. The maximum atomic E-state index is 10.9. The van der Waals surface area contributed by atoms with E-state index in [1.807, 2.05) is 36.4 Å². The lowest BCUT2D eigenvalue weighted by atomic mass is 10.0. The van der Waals surface area contributed by atoms with Crippen LogP contribution in [-0.2, 0) is 11.2 Å². The van der Waals surface area contributed by atoms with Crippen molar-refractivity contribution in [2.24, 2.45) is 11.7 Å². The van der Waals surface area contributed by atoms with Crippen molar-refractivity contribution >= 4 is 16.9 Å². The van der Waals surface area contributed by atoms with Gasteiger partial charge in [-0.25, -0.2) is 0 Å². The normalized spacial score (nSPS) is 12.5. The van der Waals surface area contributed by atoms with Gasteiger partial charge in [-0.3, -0.25) is 9.78 Å². The number of rotatable bonds is 4. The molecule has 0 aliphatic carbocycles. The summed E-state index contributed by atoms with van der Waals surface area (Å²) in [6.45, 7) is 0.129. The third-order valence-corrected chi connectivity index (χ3v) is 2.75. The summed E-state index contributed by atoms with van der Waals surface area (Å²) >= 11 is 0. The Balaban J connectivity index is 2.27. The zero-order valence-electron chi connectivity index (χ0n) is 9.34. The van der Waals surface area contributed by atoms with Gasteiger partial charge in [0.15, 0.2) is 0 Å². The minimum Gasteiger partial charge on any atom is -0.481 e. The van der Waals surface area contributed by atoms with Crippen molar-refractivity contribution in [3.63, 3.8) is 0 Å². The van der Waals surface area contributed by atoms with Crippen LogP contribution in [0.3, 0.4) is 0 Å². The van der Waals surface area contributed by atoms with Crippen LogP contribution in [0.4, 0.5) is 0 Å². The topological polar surface area (TPSA) is 76.2 Å². The third-order valence-electron chi connectivity index (χ3n) is 2.75. The standard InChI is InChI=1S/C13H14N2O2/c14-8-10(13(16)17)7-11-6-5-9-3-1-2-4-12(9)15-11/h1-6,10H,7-8,14H2,(H,16,17). The number of carboxylic acids is 1. The molecule has 0 saturated carbocycles. The van der Waals surface area contributed by atoms with E-state index in [0.717, 1.165) is 16.6 Å². The Kier molecular flexibility index (Phi) is 3.35. The number of pyridine rings is 1. The van der Waals surface area contributed by atoms with Gasteiger partial charge < -0.3 is 10.8 Å². The molecule has 0 bridgehead atoms. The first kappa shape index (κ1) is 11.5. The molecule has 0 aliphatic heterocycles. The molecule has 1 atom stereocenters. The van der Waals surface area contributed by atoms with Crippen molar-refractivity contribution in [1.29, 1.82) is 0 Å². The largest absolute Gasteiger partial charge is 0.481 e. The SMILES string of the molecule is NCC(Cc1ccc2ccccc2n1)C(=O)O. The Morgan fingerprint density at radius 2 is 2.06 bits per heavy atom. The summed E-state index contributed by atoms with van der Waals surface area (Å²) in [5.74, 6) is -1.44. The summed E-state index contributed by atoms with van der Waals surface area (Å²) in [4.78, 5) is 15.3. The fraction of sp³-hybridized carbons (Fsp3) is 0.231. The highest BCUT2D eigenvalue weighted by molar-refractivity contribution is 5.78. The predicted octanol–water partition coefficient (Wildman–Crippen LogP) is 1.44. The zero-order valence-corrected chi connectivity index (χ0v) is 9.34. The molecule has 4 nitrogen and oxygen atoms in total. The molecule has 2 aromatic rings. The highest BCUT2D eigenvalue weighted by Gasteiger charge is 2.16. The number of carboxylic acid groups (broad SMARTS) is 1. The molecular formula is C13H14N2O2. The van der Waals surface area contributed by atoms with E-state index >= 15 is 0 Å². The first-order valence-corrected chi connectivity index (χ1v) is 5.48. The van der Waals surface area contributed by atoms with Gasteiger partial charge in [-0.2, -0.15) is 0 Å². The Morgan fingerprint density at radius 1 is 1.29 bits per heavy atom. The molecule has 0 fully saturated rings. The van der Waals surface area contributed by atoms with E-state index < -0.39 is 11.9 Å². The van der Waals surface area contributed by atoms with Crippen LogP contribution in [0.1, 0.15) is 5.69 Å². The fourth-order valence-corrected chi connectivity index (χ4v) is 1.75. The van der Waals surface area contributed by atoms with Crippen LogP contribution in [0.15, 0.2) is 36.4 Å². The quantitative estimate of drug-likeness (QED) is 0.833. The molecule has 17 heavy (non-hydrogen) atoms. The highest BCUT2D eigenvalue weighted by atomic mass is 16.4. The van der Waals surface area contributed by atoms with Crippen LogP contribution >= 0.6 is 0 Å². The van der Waals surface area contributed by atoms with Gasteiger partial charge in [-0.05, 0) is 12.1 Å². The van der Waals surface area contributed by atoms with Gasteiger partial charge in [0.1, 0.15) is 0 Å². The van der Waals surface area contributed by atoms with E-state index in [1.54, 1.807) is 0 Å². The molecule has 0 amide bonds. The molecule has 3 N–H and O–H groups in total. The Bertz CT molecular complexity index is 540. The van der Waals surface area contributed by atoms with Crippen molar-refractivity contribution in [3.8, 4) is 0 Å². The molecule has 1 aromatic carbocycles. The van der Waals surface area contributed by atoms with E-state index in [2.05, 4.69) is 4.98 Å². The first-order valence-electron chi connectivity index (χ1n) is 5.48. The predicted molar refractivity (Wildman–Crippen MR) is 65.6 cm³/mol. The van der Waals surface area contributed by atoms with E-state index in [-0.39, 0.29) is 6.54 Å². The maximum absolute atomic E-state index is 10.9. The van der Waals surface area contributed by atoms with Crippen LogP contribution in [0.25, 0.3) is 10.9 Å². The number of hydrogen-bond acceptors (Lipinski definition) is 3. The molecule has 88 valence electrons. The second-order valence-electron chi connectivity index (χ2n) is 3.97. The van der Waals surface area contributed by atoms with Gasteiger partial charge in [-0.1, -0.05) is 24.3 Å². The summed E-state index contributed by atoms with van der Waals surface area (Å²) in [7, 11) is 0. The van der Waals surface area contributed by atoms with Crippen molar-refractivity contribution in [2.75, 3.05) is 6.54 Å². The average molecular weight is 230 g/mol. The van der Waals surface area contributed by atoms with Gasteiger partial charge in [0.25, 0.3) is 0 Å². The summed E-state index contributed by atoms with van der Waals surface area (Å²) < 4.78 is 0. The molecule has 1 heterocycles. The number of nitrogens with zero attached hydrogens (tertiary/aromatic N) is 1. The van der Waals surface area contributed by atoms with Gasteiger partial charge >= 0.3 is 5.97 Å². The van der Waals surface area contributed by atoms with E-state index in [4.69, 9.17) is 10.8 Å². The molecular weight excluding hydrogens is 216 g/mol. The van der Waals surface area contributed by atoms with Gasteiger partial charge in [-0.15, -0.1) is 0 Å².